The van der Waals surface area contributed by atoms with Gasteiger partial charge in [0.15, 0.2) is 11.5 Å². The molecule has 0 saturated carbocycles. The number of hydrogen-bond acceptors (Lipinski definition) is 4. The van der Waals surface area contributed by atoms with E-state index in [1.807, 2.05) is 18.2 Å². The van der Waals surface area contributed by atoms with Crippen LogP contribution in [0.15, 0.2) is 47.6 Å². The van der Waals surface area contributed by atoms with E-state index in [0.717, 1.165) is 11.1 Å². The van der Waals surface area contributed by atoms with Crippen molar-refractivity contribution in [2.24, 2.45) is 5.16 Å². The van der Waals surface area contributed by atoms with E-state index in [2.05, 4.69) is 5.16 Å². The third-order valence-electron chi connectivity index (χ3n) is 3.56. The Morgan fingerprint density at radius 2 is 1.77 bits per heavy atom. The van der Waals surface area contributed by atoms with Gasteiger partial charge in [0.25, 0.3) is 0 Å². The van der Waals surface area contributed by atoms with Gasteiger partial charge < -0.3 is 14.7 Å². The zero-order valence-corrected chi connectivity index (χ0v) is 12.0. The van der Waals surface area contributed by atoms with E-state index in [-0.39, 0.29) is 5.82 Å². The van der Waals surface area contributed by atoms with Crippen LogP contribution in [0.25, 0.3) is 0 Å². The first-order valence-corrected chi connectivity index (χ1v) is 7.11. The maximum absolute atomic E-state index is 12.9. The molecule has 114 valence electrons. The highest BCUT2D eigenvalue weighted by Crippen LogP contribution is 2.31. The van der Waals surface area contributed by atoms with Crippen LogP contribution in [0.5, 0.6) is 11.5 Å². The maximum atomic E-state index is 12.9. The highest BCUT2D eigenvalue weighted by Gasteiger charge is 2.14. The lowest BCUT2D eigenvalue weighted by atomic mass is 10.0. The molecule has 22 heavy (non-hydrogen) atoms. The number of oxime groups is 1. The highest BCUT2D eigenvalue weighted by atomic mass is 19.1. The Morgan fingerprint density at radius 1 is 1.05 bits per heavy atom. The van der Waals surface area contributed by atoms with Gasteiger partial charge in [0, 0.05) is 5.56 Å². The second-order valence-corrected chi connectivity index (χ2v) is 5.03. The lowest BCUT2D eigenvalue weighted by Gasteiger charge is -2.19. The maximum Gasteiger partial charge on any atom is 0.162 e. The number of aryl methyl sites for hydroxylation is 1. The summed E-state index contributed by atoms with van der Waals surface area (Å²) in [5, 5.41) is 12.6. The lowest BCUT2D eigenvalue weighted by molar-refractivity contribution is 0.171. The Morgan fingerprint density at radius 3 is 2.50 bits per heavy atom. The van der Waals surface area contributed by atoms with E-state index >= 15 is 0 Å². The van der Waals surface area contributed by atoms with Gasteiger partial charge in [-0.2, -0.15) is 0 Å². The summed E-state index contributed by atoms with van der Waals surface area (Å²) in [5.41, 5.74) is 2.33. The third-order valence-corrected chi connectivity index (χ3v) is 3.56. The predicted molar refractivity (Wildman–Crippen MR) is 80.5 cm³/mol. The van der Waals surface area contributed by atoms with Crippen molar-refractivity contribution in [3.63, 3.8) is 0 Å². The second kappa shape index (κ2) is 6.47. The highest BCUT2D eigenvalue weighted by molar-refractivity contribution is 6.00. The van der Waals surface area contributed by atoms with E-state index in [1.165, 1.54) is 12.1 Å². The molecular weight excluding hydrogens is 285 g/mol. The molecule has 0 unspecified atom stereocenters. The topological polar surface area (TPSA) is 51.1 Å². The fourth-order valence-corrected chi connectivity index (χ4v) is 2.39. The summed E-state index contributed by atoms with van der Waals surface area (Å²) >= 11 is 0. The van der Waals surface area contributed by atoms with Crippen molar-refractivity contribution in [1.82, 2.24) is 0 Å². The van der Waals surface area contributed by atoms with Crippen LogP contribution in [0.2, 0.25) is 0 Å². The molecule has 0 aliphatic carbocycles. The van der Waals surface area contributed by atoms with Crippen LogP contribution in [-0.4, -0.2) is 24.1 Å². The van der Waals surface area contributed by atoms with Crippen LogP contribution in [0.4, 0.5) is 4.39 Å². The number of fused-ring (bicyclic) bond motifs is 1. The number of rotatable bonds is 4. The fourth-order valence-electron chi connectivity index (χ4n) is 2.39. The molecule has 0 radical (unpaired) electrons. The van der Waals surface area contributed by atoms with Crippen molar-refractivity contribution in [3.05, 3.63) is 59.4 Å². The van der Waals surface area contributed by atoms with Gasteiger partial charge in [-0.3, -0.25) is 0 Å². The second-order valence-electron chi connectivity index (χ2n) is 5.03. The molecule has 0 fully saturated rings. The normalized spacial score (nSPS) is 14.0. The van der Waals surface area contributed by atoms with Crippen molar-refractivity contribution in [2.75, 3.05) is 13.2 Å². The minimum atomic E-state index is -0.258. The molecule has 0 bridgehead atoms. The molecule has 0 aromatic heterocycles. The monoisotopic (exact) mass is 301 g/mol. The summed E-state index contributed by atoms with van der Waals surface area (Å²) in [7, 11) is 0. The Bertz CT molecular complexity index is 683. The number of benzene rings is 2. The standard InChI is InChI=1S/C17H16FNO3/c18-14-5-1-12(2-6-14)3-7-15(19-20)13-4-8-16-17(11-13)22-10-9-21-16/h1-2,4-6,8,11,20H,3,7,9-10H2. The van der Waals surface area contributed by atoms with Gasteiger partial charge >= 0.3 is 0 Å². The lowest BCUT2D eigenvalue weighted by Crippen LogP contribution is -2.16. The van der Waals surface area contributed by atoms with Gasteiger partial charge in [-0.1, -0.05) is 17.3 Å². The SMILES string of the molecule is ON=C(CCc1ccc(F)cc1)c1ccc2c(c1)OCCO2. The first-order valence-electron chi connectivity index (χ1n) is 7.11. The molecule has 1 aliphatic heterocycles. The largest absolute Gasteiger partial charge is 0.486 e. The molecule has 5 heteroatoms. The molecule has 3 rings (SSSR count). The molecule has 0 spiro atoms. The molecule has 2 aromatic rings. The Kier molecular flexibility index (Phi) is 4.23. The van der Waals surface area contributed by atoms with Crippen LogP contribution in [0.1, 0.15) is 17.5 Å². The average molecular weight is 301 g/mol. The average Bonchev–Trinajstić information content (AvgIpc) is 2.57. The zero-order chi connectivity index (χ0) is 15.4. The van der Waals surface area contributed by atoms with E-state index < -0.39 is 0 Å². The molecule has 0 atom stereocenters. The van der Waals surface area contributed by atoms with Gasteiger partial charge in [0.1, 0.15) is 19.0 Å². The summed E-state index contributed by atoms with van der Waals surface area (Å²) in [4.78, 5) is 0. The van der Waals surface area contributed by atoms with Crippen molar-refractivity contribution in [3.8, 4) is 11.5 Å². The van der Waals surface area contributed by atoms with Gasteiger partial charge in [0.05, 0.1) is 5.71 Å². The minimum Gasteiger partial charge on any atom is -0.486 e. The quantitative estimate of drug-likeness (QED) is 0.535. The van der Waals surface area contributed by atoms with Crippen LogP contribution >= 0.6 is 0 Å². The smallest absolute Gasteiger partial charge is 0.162 e. The number of nitrogens with zero attached hydrogens (tertiary/aromatic N) is 1. The summed E-state index contributed by atoms with van der Waals surface area (Å²) in [6, 6.07) is 11.8. The van der Waals surface area contributed by atoms with Gasteiger partial charge in [-0.25, -0.2) is 4.39 Å². The van der Waals surface area contributed by atoms with Crippen LogP contribution < -0.4 is 9.47 Å². The van der Waals surface area contributed by atoms with Crippen molar-refractivity contribution in [2.45, 2.75) is 12.8 Å². The first-order chi connectivity index (χ1) is 10.8. The molecule has 0 saturated heterocycles. The molecular formula is C17H16FNO3. The Hall–Kier alpha value is -2.56. The van der Waals surface area contributed by atoms with E-state index in [1.54, 1.807) is 12.1 Å². The third kappa shape index (κ3) is 3.19. The molecule has 2 aromatic carbocycles. The Balaban J connectivity index is 1.72. The molecule has 1 aliphatic rings. The van der Waals surface area contributed by atoms with Crippen molar-refractivity contribution < 1.29 is 19.1 Å². The predicted octanol–water partition coefficient (Wildman–Crippen LogP) is 3.41. The molecule has 4 nitrogen and oxygen atoms in total. The molecule has 1 heterocycles. The fraction of sp³-hybridized carbons (Fsp3) is 0.235. The summed E-state index contributed by atoms with van der Waals surface area (Å²) < 4.78 is 23.9. The number of ether oxygens (including phenoxy) is 2. The van der Waals surface area contributed by atoms with E-state index in [9.17, 15) is 9.60 Å². The summed E-state index contributed by atoms with van der Waals surface area (Å²) in [5.74, 6) is 1.10. The molecule has 1 N–H and O–H groups in total. The molecule has 0 amide bonds. The summed E-state index contributed by atoms with van der Waals surface area (Å²) in [6.07, 6.45) is 1.20. The van der Waals surface area contributed by atoms with E-state index in [0.29, 0.717) is 43.3 Å². The van der Waals surface area contributed by atoms with Crippen LogP contribution in [0.3, 0.4) is 0 Å². The van der Waals surface area contributed by atoms with Crippen molar-refractivity contribution in [1.29, 1.82) is 0 Å². The van der Waals surface area contributed by atoms with Crippen LogP contribution in [0, 0.1) is 5.82 Å². The van der Waals surface area contributed by atoms with Crippen LogP contribution in [-0.2, 0) is 6.42 Å². The van der Waals surface area contributed by atoms with Gasteiger partial charge in [0.2, 0.25) is 0 Å². The number of halogens is 1. The van der Waals surface area contributed by atoms with Crippen molar-refractivity contribution >= 4 is 5.71 Å². The number of hydrogen-bond donors (Lipinski definition) is 1. The minimum absolute atomic E-state index is 0.258. The Labute approximate surface area is 127 Å². The van der Waals surface area contributed by atoms with Gasteiger partial charge in [-0.05, 0) is 48.7 Å². The van der Waals surface area contributed by atoms with Gasteiger partial charge in [-0.15, -0.1) is 0 Å². The zero-order valence-electron chi connectivity index (χ0n) is 12.0. The first kappa shape index (κ1) is 14.4. The van der Waals surface area contributed by atoms with E-state index in [4.69, 9.17) is 9.47 Å². The summed E-state index contributed by atoms with van der Waals surface area (Å²) in [6.45, 7) is 1.05.